The maximum absolute atomic E-state index is 14.3. The van der Waals surface area contributed by atoms with Crippen LogP contribution in [0, 0.1) is 23.7 Å². The van der Waals surface area contributed by atoms with Gasteiger partial charge in [0.05, 0.1) is 30.1 Å². The van der Waals surface area contributed by atoms with Gasteiger partial charge in [0.1, 0.15) is 15.7 Å². The van der Waals surface area contributed by atoms with E-state index in [1.165, 1.54) is 16.0 Å². The number of rotatable bonds is 3. The van der Waals surface area contributed by atoms with Crippen LogP contribution in [0.3, 0.4) is 0 Å². The van der Waals surface area contributed by atoms with Gasteiger partial charge in [-0.25, -0.2) is 17.8 Å². The Hall–Kier alpha value is -3.22. The Kier molecular flexibility index (Phi) is 9.90. The number of carbonyl (C=O) groups is 2. The molecular formula is C37H45ClF2N4O5S. The third-order valence-electron chi connectivity index (χ3n) is 11.3. The standard InChI is InChI=1S/C37H45ClF2N4O5S/c1-23-5-3-7-32(48-2)29-11-8-26(29)17-44-21-37(14-4-6-24-15-28(38)10-12-30(24)37)22-49-33-13-9-25(16-31(33)44)35(45)41-50(47,20-23)42-36(46)43-18-27(19-43)34(39)40/h3,7,9-10,12-13,15-16,23,26-27,29,32,34H,4-6,8,11,14,17-22H2,1-2H3,(H,41,42,45,46,47)/b7-3-/t23-,26-,29+,32-,37-,50?/m0/s1. The van der Waals surface area contributed by atoms with Crippen LogP contribution in [0.15, 0.2) is 52.9 Å². The Morgan fingerprint density at radius 1 is 1.18 bits per heavy atom. The number of hydrogen-bond acceptors (Lipinski definition) is 6. The molecule has 6 atom stereocenters. The van der Waals surface area contributed by atoms with Gasteiger partial charge in [0.15, 0.2) is 0 Å². The zero-order chi connectivity index (χ0) is 35.2. The molecular weight excluding hydrogens is 686 g/mol. The van der Waals surface area contributed by atoms with Gasteiger partial charge in [-0.15, -0.1) is 4.36 Å². The number of amides is 3. The Morgan fingerprint density at radius 3 is 2.74 bits per heavy atom. The van der Waals surface area contributed by atoms with E-state index in [0.29, 0.717) is 37.2 Å². The van der Waals surface area contributed by atoms with Crippen LogP contribution in [0.25, 0.3) is 0 Å². The topological polar surface area (TPSA) is 101 Å². The number of urea groups is 1. The van der Waals surface area contributed by atoms with Gasteiger partial charge >= 0.3 is 6.03 Å². The van der Waals surface area contributed by atoms with Crippen molar-refractivity contribution in [3.05, 3.63) is 70.3 Å². The number of nitrogens with zero attached hydrogens (tertiary/aromatic N) is 3. The third kappa shape index (κ3) is 6.99. The van der Waals surface area contributed by atoms with Crippen LogP contribution in [0.2, 0.25) is 5.02 Å². The molecule has 5 aliphatic rings. The minimum atomic E-state index is -3.63. The lowest BCUT2D eigenvalue weighted by atomic mass is 9.68. The van der Waals surface area contributed by atoms with Crippen LogP contribution in [-0.4, -0.2) is 79.2 Å². The highest BCUT2D eigenvalue weighted by Gasteiger charge is 2.44. The molecule has 0 radical (unpaired) electrons. The van der Waals surface area contributed by atoms with Crippen LogP contribution < -0.4 is 14.4 Å². The zero-order valence-corrected chi connectivity index (χ0v) is 30.1. The largest absolute Gasteiger partial charge is 0.490 e. The number of carbonyl (C=O) groups excluding carboxylic acids is 2. The van der Waals surface area contributed by atoms with Gasteiger partial charge in [-0.1, -0.05) is 36.7 Å². The van der Waals surface area contributed by atoms with Crippen molar-refractivity contribution in [1.82, 2.24) is 9.62 Å². The molecule has 0 aromatic heterocycles. The molecule has 2 aliphatic carbocycles. The number of methoxy groups -OCH3 is 1. The molecule has 1 saturated carbocycles. The van der Waals surface area contributed by atoms with Gasteiger partial charge < -0.3 is 19.3 Å². The van der Waals surface area contributed by atoms with E-state index in [4.69, 9.17) is 21.1 Å². The first-order chi connectivity index (χ1) is 24.0. The maximum atomic E-state index is 14.3. The summed E-state index contributed by atoms with van der Waals surface area (Å²) in [4.78, 5) is 30.5. The second-order valence-electron chi connectivity index (χ2n) is 14.9. The number of halogens is 3. The van der Waals surface area contributed by atoms with Crippen molar-refractivity contribution in [2.75, 3.05) is 50.5 Å². The molecule has 3 heterocycles. The van der Waals surface area contributed by atoms with E-state index in [1.54, 1.807) is 25.3 Å². The van der Waals surface area contributed by atoms with E-state index in [0.717, 1.165) is 49.4 Å². The zero-order valence-electron chi connectivity index (χ0n) is 28.5. The van der Waals surface area contributed by atoms with Crippen molar-refractivity contribution in [3.8, 4) is 5.75 Å². The van der Waals surface area contributed by atoms with Crippen LogP contribution in [0.4, 0.5) is 19.3 Å². The molecule has 1 N–H and O–H groups in total. The summed E-state index contributed by atoms with van der Waals surface area (Å²) in [5, 5.41) is 0.718. The molecule has 3 aliphatic heterocycles. The molecule has 9 nitrogen and oxygen atoms in total. The van der Waals surface area contributed by atoms with Crippen LogP contribution in [-0.2, 0) is 26.5 Å². The minimum absolute atomic E-state index is 0.0865. The highest BCUT2D eigenvalue weighted by molar-refractivity contribution is 7.92. The van der Waals surface area contributed by atoms with E-state index < -0.39 is 34.2 Å². The number of anilines is 1. The smallest absolute Gasteiger partial charge is 0.329 e. The van der Waals surface area contributed by atoms with Crippen molar-refractivity contribution in [2.45, 2.75) is 63.4 Å². The van der Waals surface area contributed by atoms with Crippen molar-refractivity contribution < 1.29 is 32.1 Å². The molecule has 7 rings (SSSR count). The van der Waals surface area contributed by atoms with Crippen LogP contribution in [0.1, 0.15) is 60.5 Å². The number of ether oxygens (including phenoxy) is 2. The highest BCUT2D eigenvalue weighted by Crippen LogP contribution is 2.47. The van der Waals surface area contributed by atoms with Gasteiger partial charge in [-0.2, -0.15) is 0 Å². The molecule has 2 aromatic rings. The van der Waals surface area contributed by atoms with E-state index in [1.807, 2.05) is 19.1 Å². The Balaban J connectivity index is 1.27. The number of likely N-dealkylation sites (tertiary alicyclic amines) is 1. The lowest BCUT2D eigenvalue weighted by molar-refractivity contribution is -0.00359. The van der Waals surface area contributed by atoms with Gasteiger partial charge in [0.2, 0.25) is 6.43 Å². The summed E-state index contributed by atoms with van der Waals surface area (Å²) in [5.74, 6) is -0.632. The number of nitrogens with one attached hydrogen (secondary N) is 1. The number of fused-ring (bicyclic) bond motifs is 4. The third-order valence-corrected chi connectivity index (χ3v) is 13.5. The van der Waals surface area contributed by atoms with Crippen molar-refractivity contribution >= 4 is 39.1 Å². The van der Waals surface area contributed by atoms with Gasteiger partial charge in [0.25, 0.3) is 5.91 Å². The SMILES string of the molecule is CO[C@H]1/C=C\C[C@H](C)CS(=O)(NC(=O)N2CC(C(F)F)C2)=NC(=O)c2ccc3c(c2)N(C[C@@H]2CC[C@H]21)C[C@@]1(CCCc2cc(Cl)ccc21)CO3. The molecule has 13 heteroatoms. The fraction of sp³-hybridized carbons (Fsp3) is 0.568. The molecule has 270 valence electrons. The summed E-state index contributed by atoms with van der Waals surface area (Å²) in [5.41, 5.74) is 3.19. The van der Waals surface area contributed by atoms with E-state index in [9.17, 15) is 22.6 Å². The maximum Gasteiger partial charge on any atom is 0.329 e. The number of aryl methyl sites for hydroxylation is 1. The average Bonchev–Trinajstić information content (AvgIpc) is 3.17. The van der Waals surface area contributed by atoms with E-state index in [2.05, 4.69) is 32.2 Å². The summed E-state index contributed by atoms with van der Waals surface area (Å²) in [6.07, 6.45) is 6.98. The first kappa shape index (κ1) is 35.2. The Morgan fingerprint density at radius 2 is 2.00 bits per heavy atom. The second-order valence-corrected chi connectivity index (χ2v) is 17.3. The summed E-state index contributed by atoms with van der Waals surface area (Å²) in [6.45, 7) is 3.49. The number of benzene rings is 2. The fourth-order valence-electron chi connectivity index (χ4n) is 8.41. The number of alkyl halides is 2. The highest BCUT2D eigenvalue weighted by atomic mass is 35.5. The lowest BCUT2D eigenvalue weighted by Gasteiger charge is -2.46. The fourth-order valence-corrected chi connectivity index (χ4v) is 10.5. The number of hydrogen-bond donors (Lipinski definition) is 1. The van der Waals surface area contributed by atoms with Crippen LogP contribution >= 0.6 is 11.6 Å². The average molecular weight is 731 g/mol. The van der Waals surface area contributed by atoms with Crippen LogP contribution in [0.5, 0.6) is 5.75 Å². The van der Waals surface area contributed by atoms with E-state index in [-0.39, 0.29) is 41.8 Å². The number of allylic oxidation sites excluding steroid dienone is 1. The molecule has 2 bridgehead atoms. The summed E-state index contributed by atoms with van der Waals surface area (Å²) in [7, 11) is -1.90. The normalized spacial score (nSPS) is 32.1. The summed E-state index contributed by atoms with van der Waals surface area (Å²) < 4.78 is 59.8. The Labute approximate surface area is 298 Å². The molecule has 2 aromatic carbocycles. The molecule has 1 saturated heterocycles. The summed E-state index contributed by atoms with van der Waals surface area (Å²) >= 11 is 6.43. The van der Waals surface area contributed by atoms with Crippen molar-refractivity contribution in [2.24, 2.45) is 28.0 Å². The minimum Gasteiger partial charge on any atom is -0.490 e. The lowest BCUT2D eigenvalue weighted by Crippen LogP contribution is -2.57. The molecule has 1 unspecified atom stereocenters. The summed E-state index contributed by atoms with van der Waals surface area (Å²) in [6, 6.07) is 10.6. The quantitative estimate of drug-likeness (QED) is 0.346. The molecule has 50 heavy (non-hydrogen) atoms. The first-order valence-corrected chi connectivity index (χ1v) is 19.7. The molecule has 1 spiro atoms. The van der Waals surface area contributed by atoms with Crippen molar-refractivity contribution in [3.63, 3.8) is 0 Å². The monoisotopic (exact) mass is 730 g/mol. The van der Waals surface area contributed by atoms with Crippen molar-refractivity contribution in [1.29, 1.82) is 0 Å². The second kappa shape index (κ2) is 14.1. The van der Waals surface area contributed by atoms with E-state index >= 15 is 0 Å². The van der Waals surface area contributed by atoms with Gasteiger partial charge in [-0.05, 0) is 97.7 Å². The molecule has 2 fully saturated rings. The molecule has 3 amide bonds. The predicted molar refractivity (Wildman–Crippen MR) is 190 cm³/mol. The first-order valence-electron chi connectivity index (χ1n) is 17.6. The van der Waals surface area contributed by atoms with Gasteiger partial charge in [0, 0.05) is 49.3 Å². The Bertz CT molecular complexity index is 1790. The van der Waals surface area contributed by atoms with Gasteiger partial charge in [-0.3, -0.25) is 9.52 Å². The predicted octanol–water partition coefficient (Wildman–Crippen LogP) is 6.88.